The second-order valence-corrected chi connectivity index (χ2v) is 8.06. The Morgan fingerprint density at radius 1 is 1.17 bits per heavy atom. The fourth-order valence-corrected chi connectivity index (χ4v) is 4.13. The van der Waals surface area contributed by atoms with Gasteiger partial charge in [-0.05, 0) is 56.4 Å². The van der Waals surface area contributed by atoms with Crippen LogP contribution in [0.1, 0.15) is 44.9 Å². The van der Waals surface area contributed by atoms with Crippen LogP contribution in [0.25, 0.3) is 10.9 Å². The number of pyridine rings is 1. The highest BCUT2D eigenvalue weighted by atomic mass is 16.5. The van der Waals surface area contributed by atoms with Crippen LogP contribution in [0.4, 0.5) is 4.79 Å². The number of aromatic amines is 1. The molecule has 1 aromatic carbocycles. The molecule has 0 unspecified atom stereocenters. The van der Waals surface area contributed by atoms with Crippen LogP contribution >= 0.6 is 0 Å². The zero-order valence-corrected chi connectivity index (χ0v) is 16.6. The summed E-state index contributed by atoms with van der Waals surface area (Å²) in [6.07, 6.45) is 6.16. The highest BCUT2D eigenvalue weighted by Gasteiger charge is 2.40. The number of hydrogen-bond acceptors (Lipinski definition) is 4. The summed E-state index contributed by atoms with van der Waals surface area (Å²) in [6.45, 7) is 1.02. The molecule has 7 nitrogen and oxygen atoms in total. The molecule has 2 atom stereocenters. The van der Waals surface area contributed by atoms with E-state index in [2.05, 4.69) is 10.3 Å². The lowest BCUT2D eigenvalue weighted by Crippen LogP contribution is -2.53. The Morgan fingerprint density at radius 3 is 2.79 bits per heavy atom. The van der Waals surface area contributed by atoms with Crippen molar-refractivity contribution in [1.29, 1.82) is 0 Å². The van der Waals surface area contributed by atoms with Crippen molar-refractivity contribution in [3.63, 3.8) is 0 Å². The maximum absolute atomic E-state index is 12.7. The second kappa shape index (κ2) is 8.86. The van der Waals surface area contributed by atoms with Crippen LogP contribution in [-0.2, 0) is 0 Å². The molecular weight excluding hydrogens is 370 g/mol. The van der Waals surface area contributed by atoms with Gasteiger partial charge in [0.2, 0.25) is 5.56 Å². The van der Waals surface area contributed by atoms with Crippen molar-refractivity contribution < 1.29 is 14.6 Å². The molecule has 0 saturated heterocycles. The fourth-order valence-electron chi connectivity index (χ4n) is 4.13. The summed E-state index contributed by atoms with van der Waals surface area (Å²) in [4.78, 5) is 28.7. The number of aliphatic hydroxyl groups is 1. The van der Waals surface area contributed by atoms with Gasteiger partial charge in [0.05, 0.1) is 18.8 Å². The van der Waals surface area contributed by atoms with Gasteiger partial charge in [-0.15, -0.1) is 0 Å². The first kappa shape index (κ1) is 19.8. The molecule has 2 aromatic rings. The molecule has 3 N–H and O–H groups in total. The number of rotatable bonds is 7. The predicted octanol–water partition coefficient (Wildman–Crippen LogP) is 2.77. The monoisotopic (exact) mass is 399 g/mol. The number of aliphatic hydroxyl groups excluding tert-OH is 1. The van der Waals surface area contributed by atoms with Gasteiger partial charge < -0.3 is 25.0 Å². The third-order valence-electron chi connectivity index (χ3n) is 5.79. The molecule has 7 heteroatoms. The number of nitrogens with zero attached hydrogens (tertiary/aromatic N) is 1. The minimum absolute atomic E-state index is 0.0449. The van der Waals surface area contributed by atoms with Crippen LogP contribution in [0.3, 0.4) is 0 Å². The van der Waals surface area contributed by atoms with E-state index < -0.39 is 6.10 Å². The summed E-state index contributed by atoms with van der Waals surface area (Å²) in [5, 5.41) is 14.2. The van der Waals surface area contributed by atoms with Gasteiger partial charge in [0.15, 0.2) is 0 Å². The zero-order chi connectivity index (χ0) is 20.2. The van der Waals surface area contributed by atoms with Crippen molar-refractivity contribution in [1.82, 2.24) is 15.2 Å². The molecule has 2 amide bonds. The van der Waals surface area contributed by atoms with Crippen LogP contribution in [0, 0.1) is 0 Å². The van der Waals surface area contributed by atoms with Crippen LogP contribution in [-0.4, -0.2) is 52.4 Å². The van der Waals surface area contributed by atoms with Crippen molar-refractivity contribution in [3.8, 4) is 5.75 Å². The number of amides is 2. The molecule has 0 aliphatic heterocycles. The van der Waals surface area contributed by atoms with Crippen LogP contribution < -0.4 is 15.6 Å². The third-order valence-corrected chi connectivity index (χ3v) is 5.79. The van der Waals surface area contributed by atoms with Gasteiger partial charge in [-0.25, -0.2) is 4.79 Å². The van der Waals surface area contributed by atoms with Crippen molar-refractivity contribution in [2.45, 2.75) is 63.1 Å². The number of fused-ring (bicyclic) bond motifs is 1. The summed E-state index contributed by atoms with van der Waals surface area (Å²) < 4.78 is 5.78. The summed E-state index contributed by atoms with van der Waals surface area (Å²) >= 11 is 0. The molecule has 0 radical (unpaired) electrons. The number of aromatic nitrogens is 1. The fraction of sp³-hybridized carbons (Fsp3) is 0.545. The number of ether oxygens (including phenoxy) is 1. The molecule has 2 aliphatic carbocycles. The van der Waals surface area contributed by atoms with Crippen molar-refractivity contribution in [2.75, 3.05) is 13.2 Å². The molecule has 156 valence electrons. The van der Waals surface area contributed by atoms with E-state index >= 15 is 0 Å². The van der Waals surface area contributed by atoms with Crippen LogP contribution in [0.15, 0.2) is 35.1 Å². The number of urea groups is 1. The van der Waals surface area contributed by atoms with Gasteiger partial charge in [0, 0.05) is 29.6 Å². The van der Waals surface area contributed by atoms with Crippen LogP contribution in [0.2, 0.25) is 0 Å². The lowest BCUT2D eigenvalue weighted by Gasteiger charge is -2.37. The van der Waals surface area contributed by atoms with Gasteiger partial charge in [0.25, 0.3) is 0 Å². The Morgan fingerprint density at radius 2 is 2.00 bits per heavy atom. The summed E-state index contributed by atoms with van der Waals surface area (Å²) in [7, 11) is 0. The van der Waals surface area contributed by atoms with E-state index in [1.165, 1.54) is 6.07 Å². The quantitative estimate of drug-likeness (QED) is 0.624. The molecule has 1 aromatic heterocycles. The minimum atomic E-state index is -0.402. The van der Waals surface area contributed by atoms with Crippen LogP contribution in [0.5, 0.6) is 5.75 Å². The normalized spacial score (nSPS) is 21.7. The Labute approximate surface area is 170 Å². The SMILES string of the molecule is O=C(NCCCOc1ccc2[nH]c(=O)ccc2c1)N(C1CC1)[C@H]1CCCC[C@@H]1O. The molecule has 1 heterocycles. The molecule has 0 spiro atoms. The Kier molecular flexibility index (Phi) is 6.04. The van der Waals surface area contributed by atoms with Crippen molar-refractivity contribution in [3.05, 3.63) is 40.7 Å². The molecule has 2 fully saturated rings. The largest absolute Gasteiger partial charge is 0.494 e. The van der Waals surface area contributed by atoms with Gasteiger partial charge >= 0.3 is 6.03 Å². The van der Waals surface area contributed by atoms with E-state index in [0.717, 1.165) is 55.2 Å². The Balaban J connectivity index is 1.24. The number of benzene rings is 1. The summed E-state index contributed by atoms with van der Waals surface area (Å²) in [5.74, 6) is 0.737. The summed E-state index contributed by atoms with van der Waals surface area (Å²) in [6, 6.07) is 9.00. The third kappa shape index (κ3) is 4.90. The number of carbonyl (C=O) groups is 1. The lowest BCUT2D eigenvalue weighted by molar-refractivity contribution is 0.0333. The first-order chi connectivity index (χ1) is 14.1. The average Bonchev–Trinajstić information content (AvgIpc) is 3.54. The van der Waals surface area contributed by atoms with E-state index in [9.17, 15) is 14.7 Å². The van der Waals surface area contributed by atoms with Crippen molar-refractivity contribution in [2.24, 2.45) is 0 Å². The molecule has 4 rings (SSSR count). The standard InChI is InChI=1S/C22H29N3O4/c26-20-5-2-1-4-19(20)25(16-7-8-16)22(28)23-12-3-13-29-17-9-10-18-15(14-17)6-11-21(27)24-18/h6,9-11,14,16,19-20,26H,1-5,7-8,12-13H2,(H,23,28)(H,24,27)/t19-,20-/m0/s1. The highest BCUT2D eigenvalue weighted by Crippen LogP contribution is 2.33. The number of H-pyrrole nitrogens is 1. The minimum Gasteiger partial charge on any atom is -0.494 e. The second-order valence-electron chi connectivity index (χ2n) is 8.06. The zero-order valence-electron chi connectivity index (χ0n) is 16.6. The first-order valence-electron chi connectivity index (χ1n) is 10.6. The maximum Gasteiger partial charge on any atom is 0.317 e. The van der Waals surface area contributed by atoms with Gasteiger partial charge in [0.1, 0.15) is 5.75 Å². The van der Waals surface area contributed by atoms with E-state index in [4.69, 9.17) is 4.74 Å². The predicted molar refractivity (Wildman–Crippen MR) is 111 cm³/mol. The van der Waals surface area contributed by atoms with E-state index in [1.54, 1.807) is 6.07 Å². The van der Waals surface area contributed by atoms with Gasteiger partial charge in [-0.2, -0.15) is 0 Å². The van der Waals surface area contributed by atoms with Gasteiger partial charge in [-0.1, -0.05) is 12.8 Å². The molecule has 2 aliphatic rings. The Bertz CT molecular complexity index is 908. The topological polar surface area (TPSA) is 94.7 Å². The highest BCUT2D eigenvalue weighted by molar-refractivity contribution is 5.79. The number of nitrogens with one attached hydrogen (secondary N) is 2. The molecule has 0 bridgehead atoms. The van der Waals surface area contributed by atoms with E-state index in [-0.39, 0.29) is 23.7 Å². The summed E-state index contributed by atoms with van der Waals surface area (Å²) in [5.41, 5.74) is 0.657. The van der Waals surface area contributed by atoms with E-state index in [0.29, 0.717) is 19.6 Å². The van der Waals surface area contributed by atoms with Gasteiger partial charge in [-0.3, -0.25) is 4.79 Å². The lowest BCUT2D eigenvalue weighted by atomic mass is 9.91. The number of carbonyl (C=O) groups excluding carboxylic acids is 1. The van der Waals surface area contributed by atoms with Crippen molar-refractivity contribution >= 4 is 16.9 Å². The molecular formula is C22H29N3O4. The smallest absolute Gasteiger partial charge is 0.317 e. The number of hydrogen-bond donors (Lipinski definition) is 3. The molecule has 2 saturated carbocycles. The maximum atomic E-state index is 12.7. The molecule has 29 heavy (non-hydrogen) atoms. The average molecular weight is 399 g/mol. The Hall–Kier alpha value is -2.54. The van der Waals surface area contributed by atoms with E-state index in [1.807, 2.05) is 23.1 Å². The first-order valence-corrected chi connectivity index (χ1v) is 10.6.